The smallest absolute Gasteiger partial charge is 0.0315 e. The van der Waals surface area contributed by atoms with E-state index in [0.717, 1.165) is 83.6 Å². The first-order valence-electron chi connectivity index (χ1n) is 19.1. The molecule has 7 aliphatic carbocycles. The highest BCUT2D eigenvalue weighted by Crippen LogP contribution is 2.60. The molecule has 0 radical (unpaired) electrons. The lowest BCUT2D eigenvalue weighted by atomic mass is 9.65. The number of likely N-dealkylation sites (tertiary alicyclic amines) is 2. The van der Waals surface area contributed by atoms with Crippen molar-refractivity contribution in [2.75, 3.05) is 0 Å². The largest absolute Gasteiger partial charge is 0.294 e. The van der Waals surface area contributed by atoms with Gasteiger partial charge in [0, 0.05) is 36.3 Å². The van der Waals surface area contributed by atoms with Crippen molar-refractivity contribution in [2.45, 2.75) is 178 Å². The molecule has 14 atom stereocenters. The summed E-state index contributed by atoms with van der Waals surface area (Å²) in [6.07, 6.45) is 39.2. The van der Waals surface area contributed by atoms with Crippen LogP contribution in [0, 0.1) is 47.3 Å². The van der Waals surface area contributed by atoms with Crippen molar-refractivity contribution < 1.29 is 0 Å². The first kappa shape index (κ1) is 26.1. The Labute approximate surface area is 246 Å². The van der Waals surface area contributed by atoms with E-state index in [1.165, 1.54) is 83.5 Å². The van der Waals surface area contributed by atoms with Crippen LogP contribution in [0.3, 0.4) is 0 Å². The summed E-state index contributed by atoms with van der Waals surface area (Å²) in [6, 6.07) is 5.50. The molecular weight excluding hydrogens is 484 g/mol. The van der Waals surface area contributed by atoms with Crippen molar-refractivity contribution >= 4 is 0 Å². The van der Waals surface area contributed by atoms with Gasteiger partial charge in [0.15, 0.2) is 0 Å². The van der Waals surface area contributed by atoms with Gasteiger partial charge in [0.1, 0.15) is 0 Å². The Hall–Kier alpha value is -0.340. The van der Waals surface area contributed by atoms with Gasteiger partial charge in [-0.1, -0.05) is 82.8 Å². The van der Waals surface area contributed by atoms with Gasteiger partial charge in [0.25, 0.3) is 0 Å². The molecule has 13 unspecified atom stereocenters. The first-order valence-corrected chi connectivity index (χ1v) is 19.1. The van der Waals surface area contributed by atoms with Crippen LogP contribution in [0.15, 0.2) is 12.2 Å². The molecule has 9 aliphatic rings. The molecule has 6 saturated carbocycles. The Morgan fingerprint density at radius 2 is 0.875 bits per heavy atom. The van der Waals surface area contributed by atoms with E-state index in [0.29, 0.717) is 0 Å². The van der Waals surface area contributed by atoms with E-state index in [4.69, 9.17) is 0 Å². The average Bonchev–Trinajstić information content (AvgIpc) is 3.51. The molecular formula is C38H60N2. The minimum atomic E-state index is 0.789. The standard InChI is InChI=1S/C38H60N2/c1-3-15-27-25(11-1)13-9-21-33(27)39-35-19-7-5-17-29(35)31-24-38-32(23-37(31)39)30-18-6-8-20-36(30)40(38)34-22-10-14-26-12-2-4-16-28(26)34/h9,21,25-38H,1-8,10-20,22-24H2/t25?,26-,27?,28?,29?,30?,31?,32?,33?,34?,35?,36?,37?,38?/m1/s1. The van der Waals surface area contributed by atoms with Crippen molar-refractivity contribution in [1.29, 1.82) is 0 Å². The summed E-state index contributed by atoms with van der Waals surface area (Å²) in [7, 11) is 0. The van der Waals surface area contributed by atoms with Crippen LogP contribution in [0.2, 0.25) is 0 Å². The molecule has 2 saturated heterocycles. The second kappa shape index (κ2) is 10.7. The zero-order valence-corrected chi connectivity index (χ0v) is 25.7. The molecule has 40 heavy (non-hydrogen) atoms. The van der Waals surface area contributed by atoms with Crippen molar-refractivity contribution in [3.63, 3.8) is 0 Å². The monoisotopic (exact) mass is 544 g/mol. The third kappa shape index (κ3) is 4.06. The maximum atomic E-state index is 3.39. The molecule has 0 N–H and O–H groups in total. The van der Waals surface area contributed by atoms with Gasteiger partial charge in [-0.2, -0.15) is 0 Å². The second-order valence-corrected chi connectivity index (χ2v) is 16.9. The molecule has 222 valence electrons. The molecule has 2 nitrogen and oxygen atoms in total. The Kier molecular flexibility index (Phi) is 6.97. The summed E-state index contributed by atoms with van der Waals surface area (Å²) >= 11 is 0. The van der Waals surface area contributed by atoms with Gasteiger partial charge >= 0.3 is 0 Å². The van der Waals surface area contributed by atoms with Crippen molar-refractivity contribution in [2.24, 2.45) is 47.3 Å². The number of hydrogen-bond donors (Lipinski definition) is 0. The molecule has 0 amide bonds. The summed E-state index contributed by atoms with van der Waals surface area (Å²) in [5.41, 5.74) is 0. The topological polar surface area (TPSA) is 6.48 Å². The molecule has 0 spiro atoms. The Morgan fingerprint density at radius 3 is 1.62 bits per heavy atom. The normalized spacial score (nSPS) is 54.5. The highest BCUT2D eigenvalue weighted by molar-refractivity contribution is 5.18. The molecule has 2 heterocycles. The van der Waals surface area contributed by atoms with Gasteiger partial charge in [-0.05, 0) is 118 Å². The molecule has 9 rings (SSSR count). The quantitative estimate of drug-likeness (QED) is 0.320. The van der Waals surface area contributed by atoms with Gasteiger partial charge in [-0.25, -0.2) is 0 Å². The van der Waals surface area contributed by atoms with Gasteiger partial charge in [-0.15, -0.1) is 0 Å². The van der Waals surface area contributed by atoms with E-state index in [1.54, 1.807) is 57.8 Å². The van der Waals surface area contributed by atoms with Crippen LogP contribution in [-0.2, 0) is 0 Å². The lowest BCUT2D eigenvalue weighted by Crippen LogP contribution is -2.56. The fourth-order valence-corrected chi connectivity index (χ4v) is 14.4. The van der Waals surface area contributed by atoms with Crippen LogP contribution in [0.25, 0.3) is 0 Å². The summed E-state index contributed by atoms with van der Waals surface area (Å²) in [6.45, 7) is 0. The molecule has 0 aromatic carbocycles. The van der Waals surface area contributed by atoms with Crippen molar-refractivity contribution in [3.05, 3.63) is 12.2 Å². The summed E-state index contributed by atoms with van der Waals surface area (Å²) in [4.78, 5) is 6.71. The zero-order chi connectivity index (χ0) is 26.2. The fourth-order valence-electron chi connectivity index (χ4n) is 14.4. The van der Waals surface area contributed by atoms with Gasteiger partial charge in [0.05, 0.1) is 0 Å². The lowest BCUT2D eigenvalue weighted by molar-refractivity contribution is -0.0202. The summed E-state index contributed by atoms with van der Waals surface area (Å²) in [5.74, 6) is 8.21. The van der Waals surface area contributed by atoms with Crippen LogP contribution in [0.1, 0.15) is 141 Å². The van der Waals surface area contributed by atoms with E-state index in [2.05, 4.69) is 22.0 Å². The molecule has 0 bridgehead atoms. The minimum Gasteiger partial charge on any atom is -0.294 e. The number of fused-ring (bicyclic) bond motifs is 8. The Morgan fingerprint density at radius 1 is 0.375 bits per heavy atom. The zero-order valence-electron chi connectivity index (χ0n) is 25.7. The third-order valence-electron chi connectivity index (χ3n) is 15.7. The van der Waals surface area contributed by atoms with Gasteiger partial charge < -0.3 is 0 Å². The van der Waals surface area contributed by atoms with Crippen molar-refractivity contribution in [1.82, 2.24) is 9.80 Å². The number of rotatable bonds is 2. The van der Waals surface area contributed by atoms with E-state index in [1.807, 2.05) is 0 Å². The van der Waals surface area contributed by atoms with Crippen LogP contribution in [0.5, 0.6) is 0 Å². The first-order chi connectivity index (χ1) is 19.9. The number of nitrogens with zero attached hydrogens (tertiary/aromatic N) is 2. The van der Waals surface area contributed by atoms with Gasteiger partial charge in [0.2, 0.25) is 0 Å². The maximum Gasteiger partial charge on any atom is 0.0315 e. The molecule has 0 aromatic rings. The molecule has 2 heteroatoms. The molecule has 0 aromatic heterocycles. The minimum absolute atomic E-state index is 0.789. The highest BCUT2D eigenvalue weighted by Gasteiger charge is 2.62. The fraction of sp³-hybridized carbons (Fsp3) is 0.947. The molecule has 8 fully saturated rings. The lowest BCUT2D eigenvalue weighted by Gasteiger charge is -2.51. The van der Waals surface area contributed by atoms with Crippen LogP contribution >= 0.6 is 0 Å². The average molecular weight is 545 g/mol. The van der Waals surface area contributed by atoms with E-state index in [9.17, 15) is 0 Å². The summed E-state index contributed by atoms with van der Waals surface area (Å²) < 4.78 is 0. The maximum absolute atomic E-state index is 3.39. The van der Waals surface area contributed by atoms with Gasteiger partial charge in [-0.3, -0.25) is 9.80 Å². The second-order valence-electron chi connectivity index (χ2n) is 16.9. The predicted molar refractivity (Wildman–Crippen MR) is 165 cm³/mol. The predicted octanol–water partition coefficient (Wildman–Crippen LogP) is 8.99. The van der Waals surface area contributed by atoms with Crippen LogP contribution in [-0.4, -0.2) is 46.1 Å². The number of hydrogen-bond acceptors (Lipinski definition) is 2. The molecule has 2 aliphatic heterocycles. The van der Waals surface area contributed by atoms with E-state index < -0.39 is 0 Å². The van der Waals surface area contributed by atoms with E-state index in [-0.39, 0.29) is 0 Å². The van der Waals surface area contributed by atoms with E-state index >= 15 is 0 Å². The third-order valence-corrected chi connectivity index (χ3v) is 15.7. The Balaban J connectivity index is 1.06. The Bertz CT molecular complexity index is 940. The highest BCUT2D eigenvalue weighted by atomic mass is 15.3. The van der Waals surface area contributed by atoms with Crippen LogP contribution < -0.4 is 0 Å². The van der Waals surface area contributed by atoms with Crippen LogP contribution in [0.4, 0.5) is 0 Å². The number of allylic oxidation sites excluding steroid dienone is 1. The SMILES string of the molecule is C1=CC(N2C3CCCCC3C3CC4C(CC32)C2CCCCC2N4C2CCC[C@H]3CCCCC23)C2CCCCC2C1. The summed E-state index contributed by atoms with van der Waals surface area (Å²) in [5, 5.41) is 0. The van der Waals surface area contributed by atoms with Crippen molar-refractivity contribution in [3.8, 4) is 0 Å².